The SMILES string of the molecule is Ic1cc(I)c(C(c2c(I)cc(I)cc2I)c2c(I)cc(I)cc2I)c(I)c1. The molecule has 0 nitrogen and oxygen atoms in total. The van der Waals surface area contributed by atoms with E-state index in [0.29, 0.717) is 0 Å². The second-order valence-corrected chi connectivity index (χ2v) is 16.5. The molecule has 3 aromatic carbocycles. The van der Waals surface area contributed by atoms with Crippen molar-refractivity contribution in [2.45, 2.75) is 5.92 Å². The fourth-order valence-corrected chi connectivity index (χ4v) is 15.5. The van der Waals surface area contributed by atoms with Crippen LogP contribution in [0, 0.1) is 32.1 Å². The van der Waals surface area contributed by atoms with Crippen LogP contribution in [0.15, 0.2) is 36.4 Å². The van der Waals surface area contributed by atoms with E-state index in [9.17, 15) is 0 Å². The molecule has 28 heavy (non-hydrogen) atoms. The third-order valence-corrected chi connectivity index (χ3v) is 11.2. The second-order valence-electron chi connectivity index (χ2n) is 5.78. The van der Waals surface area contributed by atoms with Gasteiger partial charge in [0.2, 0.25) is 0 Å². The van der Waals surface area contributed by atoms with E-state index in [0.717, 1.165) is 0 Å². The van der Waals surface area contributed by atoms with Crippen LogP contribution < -0.4 is 0 Å². The van der Waals surface area contributed by atoms with Gasteiger partial charge in [-0.2, -0.15) is 0 Å². The number of benzene rings is 3. The lowest BCUT2D eigenvalue weighted by molar-refractivity contribution is 0.927. The zero-order valence-electron chi connectivity index (χ0n) is 13.4. The highest BCUT2D eigenvalue weighted by atomic mass is 127. The molecule has 0 bridgehead atoms. The highest BCUT2D eigenvalue weighted by Gasteiger charge is 2.29. The van der Waals surface area contributed by atoms with Crippen molar-refractivity contribution in [3.8, 4) is 0 Å². The van der Waals surface area contributed by atoms with Crippen LogP contribution >= 0.6 is 203 Å². The Bertz CT molecular complexity index is 869. The van der Waals surface area contributed by atoms with E-state index in [1.165, 1.54) is 48.8 Å². The second kappa shape index (κ2) is 11.8. The average molecular weight is 1380 g/mol. The van der Waals surface area contributed by atoms with Crippen molar-refractivity contribution in [1.82, 2.24) is 0 Å². The van der Waals surface area contributed by atoms with Crippen molar-refractivity contribution in [1.29, 1.82) is 0 Å². The minimum Gasteiger partial charge on any atom is -0.0442 e. The molecular formula is C19H7I9. The van der Waals surface area contributed by atoms with Crippen LogP contribution in [0.3, 0.4) is 0 Å². The van der Waals surface area contributed by atoms with Crippen LogP contribution in [-0.4, -0.2) is 0 Å². The summed E-state index contributed by atoms with van der Waals surface area (Å²) in [5.74, 6) is 0.211. The van der Waals surface area contributed by atoms with E-state index >= 15 is 0 Å². The van der Waals surface area contributed by atoms with Gasteiger partial charge in [-0.05, 0) is 256 Å². The Morgan fingerprint density at radius 3 is 0.714 bits per heavy atom. The third kappa shape index (κ3) is 6.26. The molecule has 0 aliphatic heterocycles. The Balaban J connectivity index is 2.45. The summed E-state index contributed by atoms with van der Waals surface area (Å²) < 4.78 is 11.8. The van der Waals surface area contributed by atoms with Gasteiger partial charge in [-0.3, -0.25) is 0 Å². The van der Waals surface area contributed by atoms with Gasteiger partial charge in [-0.15, -0.1) is 0 Å². The summed E-state index contributed by atoms with van der Waals surface area (Å²) >= 11 is 22.4. The van der Waals surface area contributed by atoms with Crippen LogP contribution in [0.2, 0.25) is 0 Å². The highest BCUT2D eigenvalue weighted by Crippen LogP contribution is 2.45. The molecule has 0 fully saturated rings. The Hall–Kier alpha value is 4.23. The van der Waals surface area contributed by atoms with Crippen molar-refractivity contribution < 1.29 is 0 Å². The monoisotopic (exact) mass is 1380 g/mol. The first-order valence-electron chi connectivity index (χ1n) is 7.53. The molecular weight excluding hydrogens is 1370 g/mol. The average Bonchev–Trinajstić information content (AvgIpc) is 2.51. The molecule has 3 aromatic rings. The van der Waals surface area contributed by atoms with Crippen LogP contribution in [0.4, 0.5) is 0 Å². The molecule has 9 heteroatoms. The van der Waals surface area contributed by atoms with Gasteiger partial charge in [0.1, 0.15) is 0 Å². The van der Waals surface area contributed by atoms with Gasteiger partial charge in [0, 0.05) is 38.0 Å². The molecule has 0 unspecified atom stereocenters. The normalized spacial score (nSPS) is 11.4. The number of hydrogen-bond acceptors (Lipinski definition) is 0. The summed E-state index contributed by atoms with van der Waals surface area (Å²) in [6, 6.07) is 13.8. The van der Waals surface area contributed by atoms with E-state index in [4.69, 9.17) is 0 Å². The molecule has 146 valence electrons. The summed E-state index contributed by atoms with van der Waals surface area (Å²) in [6.07, 6.45) is 0. The first-order valence-corrected chi connectivity index (χ1v) is 17.2. The van der Waals surface area contributed by atoms with Crippen molar-refractivity contribution >= 4 is 203 Å². The Labute approximate surface area is 287 Å². The topological polar surface area (TPSA) is 0 Å². The standard InChI is InChI=1S/C19H7I9/c20-7-1-10(23)16(11(24)2-7)19(17-12(25)3-8(21)4-13(17)26)18-14(27)5-9(22)6-15(18)28/h1-6,19H. The smallest absolute Gasteiger partial charge is 0.0402 e. The molecule has 0 atom stereocenters. The maximum atomic E-state index is 2.52. The zero-order chi connectivity index (χ0) is 20.7. The first-order chi connectivity index (χ1) is 13.1. The Morgan fingerprint density at radius 2 is 0.536 bits per heavy atom. The van der Waals surface area contributed by atoms with Crippen molar-refractivity contribution in [2.24, 2.45) is 0 Å². The molecule has 0 radical (unpaired) electrons. The first kappa shape index (κ1) is 26.8. The van der Waals surface area contributed by atoms with Gasteiger partial charge in [0.15, 0.2) is 0 Å². The number of halogens is 9. The van der Waals surface area contributed by atoms with Crippen LogP contribution in [-0.2, 0) is 0 Å². The van der Waals surface area contributed by atoms with Gasteiger partial charge in [0.25, 0.3) is 0 Å². The van der Waals surface area contributed by atoms with E-state index in [2.05, 4.69) is 240 Å². The van der Waals surface area contributed by atoms with Gasteiger partial charge in [-0.1, -0.05) is 0 Å². The summed E-state index contributed by atoms with van der Waals surface area (Å²) in [5, 5.41) is 0. The Morgan fingerprint density at radius 1 is 0.357 bits per heavy atom. The molecule has 3 rings (SSSR count). The fraction of sp³-hybridized carbons (Fsp3) is 0.0526. The molecule has 0 heterocycles. The summed E-state index contributed by atoms with van der Waals surface area (Å²) in [6.45, 7) is 0. The molecule has 0 aromatic heterocycles. The van der Waals surface area contributed by atoms with Gasteiger partial charge in [0.05, 0.1) is 0 Å². The molecule has 0 saturated heterocycles. The molecule has 0 spiro atoms. The molecule has 0 aliphatic carbocycles. The lowest BCUT2D eigenvalue weighted by atomic mass is 9.85. The van der Waals surface area contributed by atoms with Gasteiger partial charge >= 0.3 is 0 Å². The van der Waals surface area contributed by atoms with Crippen molar-refractivity contribution in [2.75, 3.05) is 0 Å². The third-order valence-electron chi connectivity index (χ3n) is 4.00. The van der Waals surface area contributed by atoms with Crippen LogP contribution in [0.25, 0.3) is 0 Å². The van der Waals surface area contributed by atoms with Crippen molar-refractivity contribution in [3.63, 3.8) is 0 Å². The van der Waals surface area contributed by atoms with Crippen LogP contribution in [0.5, 0.6) is 0 Å². The van der Waals surface area contributed by atoms with Crippen LogP contribution in [0.1, 0.15) is 22.6 Å². The minimum atomic E-state index is 0.211. The largest absolute Gasteiger partial charge is 0.0442 e. The predicted molar refractivity (Wildman–Crippen MR) is 195 cm³/mol. The maximum absolute atomic E-state index is 2.52. The van der Waals surface area contributed by atoms with E-state index < -0.39 is 0 Å². The zero-order valence-corrected chi connectivity index (χ0v) is 32.9. The quantitative estimate of drug-likeness (QED) is 0.181. The summed E-state index contributed by atoms with van der Waals surface area (Å²) in [4.78, 5) is 0. The summed E-state index contributed by atoms with van der Waals surface area (Å²) in [5.41, 5.74) is 4.24. The number of rotatable bonds is 3. The maximum Gasteiger partial charge on any atom is 0.0402 e. The molecule has 0 saturated carbocycles. The van der Waals surface area contributed by atoms with Gasteiger partial charge < -0.3 is 0 Å². The molecule has 0 N–H and O–H groups in total. The predicted octanol–water partition coefficient (Wildman–Crippen LogP) is 10.3. The Kier molecular flexibility index (Phi) is 11.3. The van der Waals surface area contributed by atoms with E-state index in [1.54, 1.807) is 0 Å². The molecule has 0 amide bonds. The lowest BCUT2D eigenvalue weighted by Crippen LogP contribution is -2.14. The summed E-state index contributed by atoms with van der Waals surface area (Å²) in [7, 11) is 0. The number of hydrogen-bond donors (Lipinski definition) is 0. The van der Waals surface area contributed by atoms with E-state index in [1.807, 2.05) is 0 Å². The molecule has 0 aliphatic rings. The van der Waals surface area contributed by atoms with Gasteiger partial charge in [-0.25, -0.2) is 0 Å². The minimum absolute atomic E-state index is 0.211. The lowest BCUT2D eigenvalue weighted by Gasteiger charge is -2.27. The highest BCUT2D eigenvalue weighted by molar-refractivity contribution is 14.1. The van der Waals surface area contributed by atoms with Crippen molar-refractivity contribution in [3.05, 3.63) is 85.2 Å². The fourth-order valence-electron chi connectivity index (χ4n) is 2.92. The van der Waals surface area contributed by atoms with E-state index in [-0.39, 0.29) is 5.92 Å².